The molecule has 0 radical (unpaired) electrons. The van der Waals surface area contributed by atoms with Crippen LogP contribution in [-0.2, 0) is 10.2 Å². The van der Waals surface area contributed by atoms with E-state index in [4.69, 9.17) is 19.4 Å². The van der Waals surface area contributed by atoms with Crippen molar-refractivity contribution in [2.45, 2.75) is 81.1 Å². The van der Waals surface area contributed by atoms with Gasteiger partial charge in [-0.25, -0.2) is 18.4 Å². The van der Waals surface area contributed by atoms with Gasteiger partial charge in [0, 0.05) is 35.3 Å². The number of nitrogens with zero attached hydrogens (tertiary/aromatic N) is 1. The van der Waals surface area contributed by atoms with E-state index in [1.807, 2.05) is 6.07 Å². The summed E-state index contributed by atoms with van der Waals surface area (Å²) in [4.78, 5) is 24.3. The molecule has 3 fully saturated rings. The van der Waals surface area contributed by atoms with Gasteiger partial charge in [0.1, 0.15) is 0 Å². The Bertz CT molecular complexity index is 1300. The number of carboxylic acid groups (broad SMARTS) is 1. The first-order valence-corrected chi connectivity index (χ1v) is 14.2. The number of nitrogens with one attached hydrogen (secondary N) is 2. The Balaban J connectivity index is 0.000000541. The van der Waals surface area contributed by atoms with Crippen LogP contribution in [0, 0.1) is 11.6 Å². The summed E-state index contributed by atoms with van der Waals surface area (Å²) in [5, 5.41) is 12.9. The zero-order chi connectivity index (χ0) is 31.4. The van der Waals surface area contributed by atoms with Gasteiger partial charge < -0.3 is 25.2 Å². The van der Waals surface area contributed by atoms with Crippen LogP contribution < -0.4 is 20.1 Å². The Morgan fingerprint density at radius 1 is 0.953 bits per heavy atom. The summed E-state index contributed by atoms with van der Waals surface area (Å²) in [6.45, 7) is 1.05. The van der Waals surface area contributed by atoms with Gasteiger partial charge in [-0.2, -0.15) is 13.2 Å². The van der Waals surface area contributed by atoms with Gasteiger partial charge in [-0.05, 0) is 74.9 Å². The Morgan fingerprint density at radius 2 is 1.63 bits per heavy atom. The van der Waals surface area contributed by atoms with E-state index in [9.17, 15) is 26.7 Å². The second-order valence-electron chi connectivity index (χ2n) is 11.2. The molecule has 236 valence electrons. The van der Waals surface area contributed by atoms with Crippen molar-refractivity contribution in [1.82, 2.24) is 10.2 Å². The Morgan fingerprint density at radius 3 is 2.23 bits per heavy atom. The number of amides is 2. The zero-order valence-corrected chi connectivity index (χ0v) is 24.0. The number of anilines is 1. The van der Waals surface area contributed by atoms with Crippen LogP contribution in [0.15, 0.2) is 36.4 Å². The lowest BCUT2D eigenvalue weighted by Gasteiger charge is -2.47. The van der Waals surface area contributed by atoms with Crippen molar-refractivity contribution < 1.29 is 46.1 Å². The second kappa shape index (κ2) is 13.4. The van der Waals surface area contributed by atoms with Crippen LogP contribution in [-0.4, -0.2) is 67.1 Å². The molecule has 43 heavy (non-hydrogen) atoms. The summed E-state index contributed by atoms with van der Waals surface area (Å²) in [6, 6.07) is 10.2. The van der Waals surface area contributed by atoms with Crippen LogP contribution in [0.3, 0.4) is 0 Å². The number of benzene rings is 2. The molecule has 0 aromatic heterocycles. The van der Waals surface area contributed by atoms with Crippen molar-refractivity contribution in [3.8, 4) is 11.5 Å². The molecule has 1 saturated heterocycles. The van der Waals surface area contributed by atoms with Crippen molar-refractivity contribution in [1.29, 1.82) is 0 Å². The fourth-order valence-electron chi connectivity index (χ4n) is 6.80. The van der Waals surface area contributed by atoms with Crippen LogP contribution in [0.4, 0.5) is 32.4 Å². The van der Waals surface area contributed by atoms with Gasteiger partial charge in [0.15, 0.2) is 23.1 Å². The minimum Gasteiger partial charge on any atom is -0.493 e. The van der Waals surface area contributed by atoms with E-state index in [-0.39, 0.29) is 17.1 Å². The molecule has 3 aliphatic rings. The minimum atomic E-state index is -5.08. The summed E-state index contributed by atoms with van der Waals surface area (Å²) in [5.74, 6) is -3.21. The molecule has 0 bridgehead atoms. The van der Waals surface area contributed by atoms with Gasteiger partial charge in [-0.3, -0.25) is 4.90 Å². The molecule has 3 atom stereocenters. The molecule has 5 rings (SSSR count). The fourth-order valence-corrected chi connectivity index (χ4v) is 6.80. The number of carboxylic acids is 1. The first-order chi connectivity index (χ1) is 20.4. The smallest absolute Gasteiger partial charge is 0.490 e. The van der Waals surface area contributed by atoms with Crippen LogP contribution >= 0.6 is 0 Å². The van der Waals surface area contributed by atoms with E-state index >= 15 is 0 Å². The van der Waals surface area contributed by atoms with Crippen LogP contribution in [0.1, 0.15) is 56.9 Å². The number of hydrogen-bond acceptors (Lipinski definition) is 5. The molecule has 2 aromatic carbocycles. The molecule has 1 aliphatic heterocycles. The lowest BCUT2D eigenvalue weighted by molar-refractivity contribution is -0.192. The first-order valence-electron chi connectivity index (χ1n) is 14.2. The molecule has 1 heterocycles. The average molecular weight is 614 g/mol. The molecule has 13 heteroatoms. The van der Waals surface area contributed by atoms with Crippen molar-refractivity contribution >= 4 is 17.7 Å². The summed E-state index contributed by atoms with van der Waals surface area (Å²) >= 11 is 0. The van der Waals surface area contributed by atoms with Crippen LogP contribution in [0.25, 0.3) is 0 Å². The number of alkyl halides is 3. The molecule has 3 N–H and O–H groups in total. The highest BCUT2D eigenvalue weighted by Gasteiger charge is 2.53. The standard InChI is InChI=1S/C28H35F2N3O3.C2HF3O2/c1-35-24-10-7-18(15-25(24)36-2)28-12-11-20(17-26(28)33(14-13-28)21-5-3-4-6-21)32-27(34)31-19-8-9-22(29)23(30)16-19;3-2(4,5)1(6)7/h7-10,15-16,20-21,26H,3-6,11-14,17H2,1-2H3,(H2,31,32,34);(H,6,7). The van der Waals surface area contributed by atoms with Gasteiger partial charge >= 0.3 is 18.2 Å². The third-order valence-corrected chi connectivity index (χ3v) is 8.81. The van der Waals surface area contributed by atoms with Gasteiger partial charge in [-0.15, -0.1) is 0 Å². The number of aliphatic carboxylic acids is 1. The summed E-state index contributed by atoms with van der Waals surface area (Å²) < 4.78 is 69.7. The second-order valence-corrected chi connectivity index (χ2v) is 11.2. The summed E-state index contributed by atoms with van der Waals surface area (Å²) in [6.07, 6.45) is 3.64. The largest absolute Gasteiger partial charge is 0.493 e. The topological polar surface area (TPSA) is 100 Å². The summed E-state index contributed by atoms with van der Waals surface area (Å²) in [7, 11) is 3.32. The van der Waals surface area contributed by atoms with Crippen molar-refractivity contribution in [2.24, 2.45) is 0 Å². The zero-order valence-electron chi connectivity index (χ0n) is 24.0. The van der Waals surface area contributed by atoms with E-state index in [2.05, 4.69) is 27.7 Å². The number of rotatable bonds is 6. The normalized spacial score (nSPS) is 24.0. The molecular formula is C30H36F5N3O5. The van der Waals surface area contributed by atoms with E-state index in [0.29, 0.717) is 12.1 Å². The molecule has 2 saturated carbocycles. The minimum absolute atomic E-state index is 0.00309. The number of fused-ring (bicyclic) bond motifs is 1. The van der Waals surface area contributed by atoms with Crippen LogP contribution in [0.5, 0.6) is 11.5 Å². The van der Waals surface area contributed by atoms with E-state index < -0.39 is 29.8 Å². The number of methoxy groups -OCH3 is 2. The number of urea groups is 1. The molecule has 3 unspecified atom stereocenters. The highest BCUT2D eigenvalue weighted by Crippen LogP contribution is 2.52. The number of hydrogen-bond donors (Lipinski definition) is 3. The maximum atomic E-state index is 13.6. The van der Waals surface area contributed by atoms with Crippen molar-refractivity contribution in [3.63, 3.8) is 0 Å². The van der Waals surface area contributed by atoms with Gasteiger partial charge in [0.2, 0.25) is 0 Å². The van der Waals surface area contributed by atoms with Crippen molar-refractivity contribution in [2.75, 3.05) is 26.1 Å². The Hall–Kier alpha value is -3.61. The van der Waals surface area contributed by atoms with E-state index in [1.165, 1.54) is 37.3 Å². The number of ether oxygens (including phenoxy) is 2. The van der Waals surface area contributed by atoms with Crippen LogP contribution in [0.2, 0.25) is 0 Å². The lowest BCUT2D eigenvalue weighted by atomic mass is 9.65. The number of carbonyl (C=O) groups is 2. The Labute approximate surface area is 246 Å². The summed E-state index contributed by atoms with van der Waals surface area (Å²) in [5.41, 5.74) is 1.50. The quantitative estimate of drug-likeness (QED) is 0.334. The maximum Gasteiger partial charge on any atom is 0.490 e. The highest BCUT2D eigenvalue weighted by atomic mass is 19.4. The number of likely N-dealkylation sites (tertiary alicyclic amines) is 1. The molecule has 2 amide bonds. The fraction of sp³-hybridized carbons (Fsp3) is 0.533. The average Bonchev–Trinajstić information content (AvgIpc) is 3.63. The monoisotopic (exact) mass is 613 g/mol. The van der Waals surface area contributed by atoms with Gasteiger partial charge in [-0.1, -0.05) is 18.9 Å². The van der Waals surface area contributed by atoms with Gasteiger partial charge in [0.05, 0.1) is 14.2 Å². The number of carbonyl (C=O) groups excluding carboxylic acids is 1. The van der Waals surface area contributed by atoms with Gasteiger partial charge in [0.25, 0.3) is 0 Å². The Kier molecular flexibility index (Phi) is 10.0. The predicted molar refractivity (Wildman–Crippen MR) is 148 cm³/mol. The molecular weight excluding hydrogens is 577 g/mol. The molecule has 8 nitrogen and oxygen atoms in total. The van der Waals surface area contributed by atoms with E-state index in [1.54, 1.807) is 14.2 Å². The first kappa shape index (κ1) is 32.3. The number of halogens is 5. The molecule has 2 aromatic rings. The molecule has 0 spiro atoms. The third kappa shape index (κ3) is 7.31. The maximum absolute atomic E-state index is 13.6. The predicted octanol–water partition coefficient (Wildman–Crippen LogP) is 6.24. The van der Waals surface area contributed by atoms with Crippen molar-refractivity contribution in [3.05, 3.63) is 53.6 Å². The third-order valence-electron chi connectivity index (χ3n) is 8.81. The highest BCUT2D eigenvalue weighted by molar-refractivity contribution is 5.89. The molecule has 2 aliphatic carbocycles. The van der Waals surface area contributed by atoms with E-state index in [0.717, 1.165) is 55.9 Å². The SMILES string of the molecule is COc1ccc(C23CCC(NC(=O)Nc4ccc(F)c(F)c4)CC2N(C2CCCC2)CC3)cc1OC.O=C(O)C(F)(F)F. The lowest BCUT2D eigenvalue weighted by Crippen LogP contribution is -2.54.